The number of esters is 1. The third-order valence-corrected chi connectivity index (χ3v) is 4.78. The number of methoxy groups -OCH3 is 1. The van der Waals surface area contributed by atoms with Gasteiger partial charge in [0.2, 0.25) is 0 Å². The highest BCUT2D eigenvalue weighted by molar-refractivity contribution is 5.91. The fourth-order valence-electron chi connectivity index (χ4n) is 3.54. The molecule has 128 valence electrons. The molecule has 0 spiro atoms. The number of ether oxygens (including phenoxy) is 1. The largest absolute Gasteiger partial charge is 0.466 e. The molecule has 0 N–H and O–H groups in total. The quantitative estimate of drug-likeness (QED) is 0.625. The number of fused-ring (bicyclic) bond motifs is 3. The van der Waals surface area contributed by atoms with Gasteiger partial charge in [0, 0.05) is 35.8 Å². The van der Waals surface area contributed by atoms with Gasteiger partial charge in [0.05, 0.1) is 7.11 Å². The van der Waals surface area contributed by atoms with Gasteiger partial charge in [-0.05, 0) is 69.1 Å². The topological polar surface area (TPSA) is 34.5 Å². The minimum absolute atomic E-state index is 0.319. The molecule has 3 rings (SSSR count). The summed E-state index contributed by atoms with van der Waals surface area (Å²) in [4.78, 5) is 13.5. The summed E-state index contributed by atoms with van der Waals surface area (Å²) >= 11 is 0. The highest BCUT2D eigenvalue weighted by atomic mass is 16.5. The van der Waals surface area contributed by atoms with E-state index in [0.717, 1.165) is 25.1 Å². The van der Waals surface area contributed by atoms with Crippen LogP contribution in [-0.4, -0.2) is 43.2 Å². The molecule has 0 fully saturated rings. The summed E-state index contributed by atoms with van der Waals surface area (Å²) in [5, 5.41) is 1.34. The van der Waals surface area contributed by atoms with Crippen molar-refractivity contribution in [1.29, 1.82) is 0 Å². The summed E-state index contributed by atoms with van der Waals surface area (Å²) in [6.07, 6.45) is 8.19. The zero-order valence-electron chi connectivity index (χ0n) is 14.8. The second kappa shape index (κ2) is 7.22. The van der Waals surface area contributed by atoms with Crippen LogP contribution in [0.15, 0.2) is 24.3 Å². The molecule has 0 saturated heterocycles. The lowest BCUT2D eigenvalue weighted by atomic mass is 9.95. The molecule has 0 radical (unpaired) electrons. The Kier molecular flexibility index (Phi) is 5.05. The molecule has 1 aliphatic rings. The minimum Gasteiger partial charge on any atom is -0.466 e. The molecule has 0 unspecified atom stereocenters. The monoisotopic (exact) mass is 326 g/mol. The molecule has 4 heteroatoms. The van der Waals surface area contributed by atoms with Crippen LogP contribution in [0.1, 0.15) is 29.7 Å². The van der Waals surface area contributed by atoms with Gasteiger partial charge in [-0.2, -0.15) is 0 Å². The van der Waals surface area contributed by atoms with E-state index in [1.54, 1.807) is 0 Å². The first kappa shape index (κ1) is 16.8. The molecule has 1 aromatic carbocycles. The molecular formula is C20H26N2O2. The lowest BCUT2D eigenvalue weighted by Crippen LogP contribution is -2.20. The van der Waals surface area contributed by atoms with E-state index in [-0.39, 0.29) is 5.97 Å². The van der Waals surface area contributed by atoms with Crippen molar-refractivity contribution in [3.63, 3.8) is 0 Å². The van der Waals surface area contributed by atoms with Gasteiger partial charge < -0.3 is 14.2 Å². The molecule has 0 aliphatic heterocycles. The van der Waals surface area contributed by atoms with Crippen molar-refractivity contribution >= 4 is 22.9 Å². The number of carbonyl (C=O) groups is 1. The second-order valence-electron chi connectivity index (χ2n) is 6.72. The van der Waals surface area contributed by atoms with Gasteiger partial charge in [0.25, 0.3) is 0 Å². The molecular weight excluding hydrogens is 300 g/mol. The number of hydrogen-bond donors (Lipinski definition) is 0. The molecule has 2 aromatic rings. The summed E-state index contributed by atoms with van der Waals surface area (Å²) in [7, 11) is 5.64. The highest BCUT2D eigenvalue weighted by Crippen LogP contribution is 2.33. The predicted molar refractivity (Wildman–Crippen MR) is 98.2 cm³/mol. The Morgan fingerprint density at radius 2 is 2.08 bits per heavy atom. The number of aryl methyl sites for hydroxylation is 1. The fraction of sp³-hybridized carbons (Fsp3) is 0.450. The molecule has 1 aliphatic carbocycles. The number of likely N-dealkylation sites (N-methyl/N-ethyl adjacent to an activating group) is 1. The van der Waals surface area contributed by atoms with Gasteiger partial charge in [0.1, 0.15) is 0 Å². The number of nitrogens with zero attached hydrogens (tertiary/aromatic N) is 2. The van der Waals surface area contributed by atoms with Gasteiger partial charge in [-0.1, -0.05) is 6.07 Å². The van der Waals surface area contributed by atoms with Crippen LogP contribution in [0.5, 0.6) is 0 Å². The molecule has 24 heavy (non-hydrogen) atoms. The highest BCUT2D eigenvalue weighted by Gasteiger charge is 2.19. The average Bonchev–Trinajstić information content (AvgIpc) is 2.91. The van der Waals surface area contributed by atoms with Crippen LogP contribution in [0.4, 0.5) is 0 Å². The first-order chi connectivity index (χ1) is 11.6. The lowest BCUT2D eigenvalue weighted by Gasteiger charge is -2.17. The maximum absolute atomic E-state index is 11.3. The Labute approximate surface area is 143 Å². The van der Waals surface area contributed by atoms with E-state index in [1.165, 1.54) is 54.6 Å². The van der Waals surface area contributed by atoms with Crippen LogP contribution in [0, 0.1) is 0 Å². The van der Waals surface area contributed by atoms with Crippen LogP contribution in [0.2, 0.25) is 0 Å². The molecule has 0 amide bonds. The predicted octanol–water partition coefficient (Wildman–Crippen LogP) is 3.27. The van der Waals surface area contributed by atoms with E-state index in [1.807, 2.05) is 6.08 Å². The maximum Gasteiger partial charge on any atom is 0.330 e. The van der Waals surface area contributed by atoms with Crippen LogP contribution >= 0.6 is 0 Å². The van der Waals surface area contributed by atoms with E-state index in [4.69, 9.17) is 0 Å². The number of aromatic nitrogens is 1. The van der Waals surface area contributed by atoms with Gasteiger partial charge in [-0.25, -0.2) is 4.79 Å². The summed E-state index contributed by atoms with van der Waals surface area (Å²) in [5.74, 6) is -0.319. The van der Waals surface area contributed by atoms with Gasteiger partial charge in [-0.3, -0.25) is 0 Å². The van der Waals surface area contributed by atoms with Gasteiger partial charge >= 0.3 is 5.97 Å². The standard InChI is InChI=1S/C20H26N2O2/c1-21(2)12-13-22-18-7-5-4-6-16(18)17-14-15(8-10-19(17)22)9-11-20(23)24-3/h8-11,14H,4-7,12-13H2,1-3H3/b11-9+. The van der Waals surface area contributed by atoms with Gasteiger partial charge in [-0.15, -0.1) is 0 Å². The summed E-state index contributed by atoms with van der Waals surface area (Å²) in [6.45, 7) is 2.07. The van der Waals surface area contributed by atoms with E-state index < -0.39 is 0 Å². The van der Waals surface area contributed by atoms with Crippen LogP contribution in [-0.2, 0) is 28.9 Å². The molecule has 0 atom stereocenters. The Morgan fingerprint density at radius 3 is 2.83 bits per heavy atom. The number of carbonyl (C=O) groups excluding carboxylic acids is 1. The van der Waals surface area contributed by atoms with E-state index in [9.17, 15) is 4.79 Å². The van der Waals surface area contributed by atoms with Gasteiger partial charge in [0.15, 0.2) is 0 Å². The summed E-state index contributed by atoms with van der Waals surface area (Å²) in [5.41, 5.74) is 5.38. The molecule has 0 saturated carbocycles. The zero-order valence-corrected chi connectivity index (χ0v) is 14.8. The third kappa shape index (κ3) is 3.39. The van der Waals surface area contributed by atoms with Crippen molar-refractivity contribution in [2.24, 2.45) is 0 Å². The molecule has 0 bridgehead atoms. The fourth-order valence-corrected chi connectivity index (χ4v) is 3.54. The van der Waals surface area contributed by atoms with Crippen molar-refractivity contribution in [3.8, 4) is 0 Å². The molecule has 1 aromatic heterocycles. The SMILES string of the molecule is COC(=O)/C=C/c1ccc2c(c1)c1c(n2CCN(C)C)CCCC1. The van der Waals surface area contributed by atoms with E-state index in [0.29, 0.717) is 0 Å². The van der Waals surface area contributed by atoms with Crippen LogP contribution in [0.25, 0.3) is 17.0 Å². The Bertz CT molecular complexity index is 772. The first-order valence-corrected chi connectivity index (χ1v) is 8.65. The number of rotatable bonds is 5. The van der Waals surface area contributed by atoms with Crippen LogP contribution < -0.4 is 0 Å². The molecule has 1 heterocycles. The Hall–Kier alpha value is -2.07. The average molecular weight is 326 g/mol. The van der Waals surface area contributed by atoms with Crippen molar-refractivity contribution in [1.82, 2.24) is 9.47 Å². The lowest BCUT2D eigenvalue weighted by molar-refractivity contribution is -0.134. The van der Waals surface area contributed by atoms with E-state index in [2.05, 4.69) is 46.5 Å². The number of hydrogen-bond acceptors (Lipinski definition) is 3. The van der Waals surface area contributed by atoms with Crippen molar-refractivity contribution in [2.75, 3.05) is 27.7 Å². The summed E-state index contributed by atoms with van der Waals surface area (Å²) in [6, 6.07) is 6.49. The van der Waals surface area contributed by atoms with E-state index >= 15 is 0 Å². The number of benzene rings is 1. The van der Waals surface area contributed by atoms with Crippen molar-refractivity contribution in [2.45, 2.75) is 32.2 Å². The normalized spacial score (nSPS) is 14.5. The maximum atomic E-state index is 11.3. The first-order valence-electron chi connectivity index (χ1n) is 8.65. The van der Waals surface area contributed by atoms with Crippen molar-refractivity contribution in [3.05, 3.63) is 41.1 Å². The van der Waals surface area contributed by atoms with Crippen molar-refractivity contribution < 1.29 is 9.53 Å². The second-order valence-corrected chi connectivity index (χ2v) is 6.72. The zero-order chi connectivity index (χ0) is 17.1. The Morgan fingerprint density at radius 1 is 1.29 bits per heavy atom. The molecule has 4 nitrogen and oxygen atoms in total. The smallest absolute Gasteiger partial charge is 0.330 e. The minimum atomic E-state index is -0.319. The third-order valence-electron chi connectivity index (χ3n) is 4.78. The summed E-state index contributed by atoms with van der Waals surface area (Å²) < 4.78 is 7.17. The van der Waals surface area contributed by atoms with Crippen LogP contribution in [0.3, 0.4) is 0 Å². The Balaban J connectivity index is 2.02.